The van der Waals surface area contributed by atoms with Gasteiger partial charge in [-0.1, -0.05) is 140 Å². The van der Waals surface area contributed by atoms with Gasteiger partial charge in [0.2, 0.25) is 6.67 Å². The number of benzene rings is 3. The van der Waals surface area contributed by atoms with Gasteiger partial charge in [0.05, 0.1) is 5.69 Å². The van der Waals surface area contributed by atoms with Gasteiger partial charge in [-0.05, 0) is 45.9 Å². The standard InChI is InChI=1S/C35H46N2Si/c1-24(2)29-18-14-19-30(25(3)4)34(29)36-22-33(38(9,10)28-16-12-11-13-17-28)37(23-36)35-31(26(5)6)20-15-21-32(35)27(7)8/h11-22,24-27H,1-10H3. The first-order valence-corrected chi connectivity index (χ1v) is 17.3. The van der Waals surface area contributed by atoms with Gasteiger partial charge in [0.1, 0.15) is 8.07 Å². The van der Waals surface area contributed by atoms with E-state index >= 15 is 0 Å². The smallest absolute Gasteiger partial charge is 0.217 e. The molecule has 1 aliphatic rings. The van der Waals surface area contributed by atoms with Gasteiger partial charge in [-0.3, -0.25) is 0 Å². The molecule has 3 heteroatoms. The van der Waals surface area contributed by atoms with E-state index in [1.165, 1.54) is 44.1 Å². The number of anilines is 2. The molecule has 38 heavy (non-hydrogen) atoms. The first-order chi connectivity index (χ1) is 17.9. The lowest BCUT2D eigenvalue weighted by atomic mass is 9.91. The van der Waals surface area contributed by atoms with Crippen molar-refractivity contribution in [1.82, 2.24) is 0 Å². The maximum Gasteiger partial charge on any atom is 0.217 e. The first kappa shape index (κ1) is 28.2. The second kappa shape index (κ2) is 11.1. The van der Waals surface area contributed by atoms with E-state index in [4.69, 9.17) is 0 Å². The molecule has 4 rings (SSSR count). The number of hydrogen-bond acceptors (Lipinski definition) is 2. The van der Waals surface area contributed by atoms with Crippen molar-refractivity contribution in [2.75, 3.05) is 9.80 Å². The summed E-state index contributed by atoms with van der Waals surface area (Å²) >= 11 is 0. The highest BCUT2D eigenvalue weighted by atomic mass is 28.3. The quantitative estimate of drug-likeness (QED) is 0.272. The average Bonchev–Trinajstić information content (AvgIpc) is 3.34. The molecule has 1 heterocycles. The second-order valence-electron chi connectivity index (χ2n) is 12.5. The third kappa shape index (κ3) is 5.23. The maximum atomic E-state index is 3.94. The predicted octanol–water partition coefficient (Wildman–Crippen LogP) is 9.50. The van der Waals surface area contributed by atoms with Crippen LogP contribution >= 0.6 is 0 Å². The third-order valence-corrected chi connectivity index (χ3v) is 11.4. The highest BCUT2D eigenvalue weighted by Gasteiger charge is 2.41. The van der Waals surface area contributed by atoms with Crippen molar-refractivity contribution in [2.24, 2.45) is 0 Å². The van der Waals surface area contributed by atoms with Gasteiger partial charge >= 0.3 is 0 Å². The van der Waals surface area contributed by atoms with Crippen LogP contribution in [0.25, 0.3) is 0 Å². The zero-order valence-corrected chi connectivity index (χ0v) is 26.1. The largest absolute Gasteiger partial charge is 0.315 e. The van der Waals surface area contributed by atoms with Crippen molar-refractivity contribution in [3.63, 3.8) is 0 Å². The summed E-state index contributed by atoms with van der Waals surface area (Å²) in [6.45, 7) is 27.3. The highest BCUT2D eigenvalue weighted by Crippen LogP contribution is 2.45. The summed E-state index contributed by atoms with van der Waals surface area (Å²) in [7, 11) is -2.09. The summed E-state index contributed by atoms with van der Waals surface area (Å²) in [5.74, 6) is 1.67. The van der Waals surface area contributed by atoms with E-state index in [9.17, 15) is 0 Å². The Labute approximate surface area is 233 Å². The summed E-state index contributed by atoms with van der Waals surface area (Å²) in [4.78, 5) is 4.78. The van der Waals surface area contributed by atoms with Crippen LogP contribution in [-0.4, -0.2) is 8.07 Å². The van der Waals surface area contributed by atoms with E-state index in [1.54, 1.807) is 0 Å². The van der Waals surface area contributed by atoms with Crippen molar-refractivity contribution in [3.05, 3.63) is 107 Å². The molecule has 0 N–H and O–H groups in total. The molecule has 0 amide bonds. The molecule has 0 atom stereocenters. The van der Waals surface area contributed by atoms with Crippen molar-refractivity contribution in [1.29, 1.82) is 0 Å². The Morgan fingerprint density at radius 1 is 0.553 bits per heavy atom. The Bertz CT molecular complexity index is 1230. The van der Waals surface area contributed by atoms with Crippen molar-refractivity contribution in [2.45, 2.75) is 92.2 Å². The molecule has 3 aromatic carbocycles. The Hall–Kier alpha value is -2.78. The third-order valence-electron chi connectivity index (χ3n) is 7.99. The van der Waals surface area contributed by atoms with E-state index in [0.29, 0.717) is 23.7 Å². The molecule has 1 aliphatic heterocycles. The molecule has 0 unspecified atom stereocenters. The van der Waals surface area contributed by atoms with Crippen LogP contribution < -0.4 is 15.0 Å². The van der Waals surface area contributed by atoms with Gasteiger partial charge < -0.3 is 9.80 Å². The molecule has 2 radical (unpaired) electrons. The lowest BCUT2D eigenvalue weighted by Gasteiger charge is -2.35. The Morgan fingerprint density at radius 2 is 0.974 bits per heavy atom. The zero-order chi connectivity index (χ0) is 27.8. The molecular formula is C35H46N2Si. The molecular weight excluding hydrogens is 476 g/mol. The second-order valence-corrected chi connectivity index (χ2v) is 16.8. The van der Waals surface area contributed by atoms with Gasteiger partial charge in [0, 0.05) is 17.2 Å². The predicted molar refractivity (Wildman–Crippen MR) is 169 cm³/mol. The molecule has 3 aromatic rings. The van der Waals surface area contributed by atoms with Crippen LogP contribution in [0, 0.1) is 6.67 Å². The molecule has 200 valence electrons. The Balaban J connectivity index is 2.00. The highest BCUT2D eigenvalue weighted by molar-refractivity contribution is 6.96. The fourth-order valence-electron chi connectivity index (χ4n) is 5.66. The summed E-state index contributed by atoms with van der Waals surface area (Å²) in [6, 6.07) is 24.8. The van der Waals surface area contributed by atoms with Crippen molar-refractivity contribution < 1.29 is 0 Å². The van der Waals surface area contributed by atoms with E-state index in [2.05, 4.69) is 158 Å². The van der Waals surface area contributed by atoms with Crippen molar-refractivity contribution >= 4 is 24.6 Å². The molecule has 0 aliphatic carbocycles. The summed E-state index contributed by atoms with van der Waals surface area (Å²) < 4.78 is 0. The van der Waals surface area contributed by atoms with Gasteiger partial charge in [-0.25, -0.2) is 0 Å². The molecule has 0 aromatic heterocycles. The average molecular weight is 523 g/mol. The van der Waals surface area contributed by atoms with E-state index in [0.717, 1.165) is 0 Å². The first-order valence-electron chi connectivity index (χ1n) is 14.3. The fourth-order valence-corrected chi connectivity index (χ4v) is 8.15. The summed E-state index contributed by atoms with van der Waals surface area (Å²) in [6.07, 6.45) is 2.41. The number of nitrogens with zero attached hydrogens (tertiary/aromatic N) is 2. The van der Waals surface area contributed by atoms with Gasteiger partial charge in [0.15, 0.2) is 0 Å². The maximum absolute atomic E-state index is 3.94. The van der Waals surface area contributed by atoms with Gasteiger partial charge in [0.25, 0.3) is 0 Å². The minimum atomic E-state index is -2.09. The Morgan fingerprint density at radius 3 is 1.39 bits per heavy atom. The molecule has 0 bridgehead atoms. The van der Waals surface area contributed by atoms with Crippen LogP contribution in [-0.2, 0) is 0 Å². The van der Waals surface area contributed by atoms with Gasteiger partial charge in [-0.2, -0.15) is 0 Å². The van der Waals surface area contributed by atoms with Gasteiger partial charge in [-0.15, -0.1) is 0 Å². The van der Waals surface area contributed by atoms with Crippen LogP contribution in [0.5, 0.6) is 0 Å². The minimum Gasteiger partial charge on any atom is -0.315 e. The van der Waals surface area contributed by atoms with E-state index in [-0.39, 0.29) is 0 Å². The fraction of sp³-hybridized carbons (Fsp3) is 0.400. The van der Waals surface area contributed by atoms with E-state index in [1.807, 2.05) is 0 Å². The monoisotopic (exact) mass is 522 g/mol. The molecule has 0 fully saturated rings. The number of rotatable bonds is 8. The topological polar surface area (TPSA) is 6.48 Å². The summed E-state index contributed by atoms with van der Waals surface area (Å²) in [5, 5.41) is 2.82. The van der Waals surface area contributed by atoms with E-state index < -0.39 is 8.07 Å². The lowest BCUT2D eigenvalue weighted by Crippen LogP contribution is -2.48. The van der Waals surface area contributed by atoms with Crippen molar-refractivity contribution in [3.8, 4) is 0 Å². The SMILES string of the molecule is CC(C)c1cccc(C(C)C)c1N1[C]N(c2c(C(C)C)cccc2C(C)C)C([Si](C)(C)c2ccccc2)=C1. The zero-order valence-electron chi connectivity index (χ0n) is 25.1. The van der Waals surface area contributed by atoms with Crippen LogP contribution in [0.1, 0.15) is 101 Å². The van der Waals surface area contributed by atoms with Crippen LogP contribution in [0.3, 0.4) is 0 Å². The summed E-state index contributed by atoms with van der Waals surface area (Å²) in [5.41, 5.74) is 8.13. The molecule has 0 saturated carbocycles. The number of para-hydroxylation sites is 2. The minimum absolute atomic E-state index is 0.413. The molecule has 0 saturated heterocycles. The number of hydrogen-bond donors (Lipinski definition) is 0. The Kier molecular flexibility index (Phi) is 8.28. The normalized spacial score (nSPS) is 14.4. The molecule has 2 nitrogen and oxygen atoms in total. The molecule has 0 spiro atoms. The van der Waals surface area contributed by atoms with Crippen LogP contribution in [0.15, 0.2) is 78.3 Å². The van der Waals surface area contributed by atoms with Crippen LogP contribution in [0.4, 0.5) is 11.4 Å². The lowest BCUT2D eigenvalue weighted by molar-refractivity contribution is 0.818. The van der Waals surface area contributed by atoms with Crippen LogP contribution in [0.2, 0.25) is 13.1 Å².